The molecule has 0 unspecified atom stereocenters. The van der Waals surface area contributed by atoms with Gasteiger partial charge in [0.15, 0.2) is 0 Å². The number of esters is 1. The van der Waals surface area contributed by atoms with Gasteiger partial charge in [0.2, 0.25) is 0 Å². The highest BCUT2D eigenvalue weighted by atomic mass is 32.2. The molecule has 1 amide bonds. The number of anilines is 1. The summed E-state index contributed by atoms with van der Waals surface area (Å²) < 4.78 is 4.82. The Hall–Kier alpha value is -1.86. The van der Waals surface area contributed by atoms with Crippen molar-refractivity contribution >= 4 is 35.1 Å². The van der Waals surface area contributed by atoms with Gasteiger partial charge in [0, 0.05) is 18.8 Å². The van der Waals surface area contributed by atoms with Gasteiger partial charge in [-0.2, -0.15) is 0 Å². The second kappa shape index (κ2) is 7.17. The maximum absolute atomic E-state index is 12.4. The summed E-state index contributed by atoms with van der Waals surface area (Å²) in [6.07, 6.45) is 0. The number of carbonyl (C=O) groups is 3. The van der Waals surface area contributed by atoms with Crippen molar-refractivity contribution in [3.8, 4) is 0 Å². The summed E-state index contributed by atoms with van der Waals surface area (Å²) in [4.78, 5) is 40.1. The number of nitrogens with zero attached hydrogens (tertiary/aromatic N) is 2. The molecule has 6 nitrogen and oxygen atoms in total. The predicted molar refractivity (Wildman–Crippen MR) is 97.0 cm³/mol. The summed E-state index contributed by atoms with van der Waals surface area (Å²) >= 11 is 1.56. The van der Waals surface area contributed by atoms with Gasteiger partial charge < -0.3 is 4.74 Å². The maximum Gasteiger partial charge on any atom is 0.320 e. The maximum atomic E-state index is 12.4. The first-order chi connectivity index (χ1) is 11.9. The quantitative estimate of drug-likeness (QED) is 0.602. The monoisotopic (exact) mass is 362 g/mol. The van der Waals surface area contributed by atoms with Crippen LogP contribution in [0.4, 0.5) is 5.69 Å². The summed E-state index contributed by atoms with van der Waals surface area (Å²) in [5.74, 6) is -0.116. The van der Waals surface area contributed by atoms with Crippen LogP contribution in [0.5, 0.6) is 0 Å². The highest BCUT2D eigenvalue weighted by Crippen LogP contribution is 2.32. The number of benzene rings is 1. The van der Waals surface area contributed by atoms with Crippen molar-refractivity contribution in [2.75, 3.05) is 37.5 Å². The van der Waals surface area contributed by atoms with Gasteiger partial charge in [-0.1, -0.05) is 19.9 Å². The number of Topliss-reactive ketones (excluding diaryl/α,β-unsaturated/α-hetero) is 1. The van der Waals surface area contributed by atoms with E-state index in [4.69, 9.17) is 4.74 Å². The van der Waals surface area contributed by atoms with Crippen LogP contribution in [-0.2, 0) is 14.3 Å². The Balaban J connectivity index is 1.79. The number of amides is 1. The first kappa shape index (κ1) is 17.9. The number of methoxy groups -OCH3 is 1. The van der Waals surface area contributed by atoms with Crippen LogP contribution in [0.3, 0.4) is 0 Å². The molecular weight excluding hydrogens is 340 g/mol. The van der Waals surface area contributed by atoms with E-state index in [-0.39, 0.29) is 11.2 Å². The smallest absolute Gasteiger partial charge is 0.320 e. The number of carbonyl (C=O) groups excluding carboxylic acids is 3. The third kappa shape index (κ3) is 3.43. The number of ether oxygens (including phenoxy) is 1. The van der Waals surface area contributed by atoms with Crippen molar-refractivity contribution in [3.63, 3.8) is 0 Å². The Labute approximate surface area is 151 Å². The van der Waals surface area contributed by atoms with Crippen LogP contribution >= 0.6 is 11.8 Å². The van der Waals surface area contributed by atoms with Crippen molar-refractivity contribution in [2.24, 2.45) is 0 Å². The van der Waals surface area contributed by atoms with Gasteiger partial charge in [0.1, 0.15) is 5.25 Å². The molecule has 0 saturated carbocycles. The van der Waals surface area contributed by atoms with Gasteiger partial charge in [0.25, 0.3) is 5.78 Å². The Bertz CT molecular complexity index is 719. The van der Waals surface area contributed by atoms with Crippen molar-refractivity contribution in [2.45, 2.75) is 25.0 Å². The number of hydrogen-bond donors (Lipinski definition) is 0. The normalized spacial score (nSPS) is 21.0. The van der Waals surface area contributed by atoms with Gasteiger partial charge in [-0.3, -0.25) is 24.2 Å². The molecule has 1 aromatic rings. The van der Waals surface area contributed by atoms with E-state index in [9.17, 15) is 14.4 Å². The molecule has 7 heteroatoms. The lowest BCUT2D eigenvalue weighted by molar-refractivity contribution is -0.140. The third-order valence-electron chi connectivity index (χ3n) is 4.62. The molecule has 2 aliphatic heterocycles. The van der Waals surface area contributed by atoms with Gasteiger partial charge in [-0.15, -0.1) is 11.8 Å². The van der Waals surface area contributed by atoms with Crippen LogP contribution in [-0.4, -0.2) is 60.4 Å². The van der Waals surface area contributed by atoms with E-state index in [1.165, 1.54) is 12.0 Å². The second-order valence-corrected chi connectivity index (χ2v) is 7.91. The number of fused-ring (bicyclic) bond motifs is 1. The van der Waals surface area contributed by atoms with Crippen molar-refractivity contribution in [3.05, 3.63) is 29.3 Å². The van der Waals surface area contributed by atoms with E-state index in [1.54, 1.807) is 11.8 Å². The summed E-state index contributed by atoms with van der Waals surface area (Å²) in [7, 11) is 1.38. The molecule has 0 aromatic heterocycles. The molecule has 2 heterocycles. The molecule has 0 N–H and O–H groups in total. The van der Waals surface area contributed by atoms with Crippen molar-refractivity contribution in [1.29, 1.82) is 0 Å². The summed E-state index contributed by atoms with van der Waals surface area (Å²) in [5, 5.41) is -0.255. The molecule has 3 rings (SSSR count). The minimum absolute atomic E-state index is 0.250. The second-order valence-electron chi connectivity index (χ2n) is 6.59. The molecule has 1 saturated heterocycles. The lowest BCUT2D eigenvalue weighted by Gasteiger charge is -2.33. The first-order valence-corrected chi connectivity index (χ1v) is 9.39. The van der Waals surface area contributed by atoms with E-state index in [0.29, 0.717) is 30.4 Å². The highest BCUT2D eigenvalue weighted by molar-refractivity contribution is 8.00. The molecule has 134 valence electrons. The summed E-state index contributed by atoms with van der Waals surface area (Å²) in [6, 6.07) is 5.64. The van der Waals surface area contributed by atoms with Crippen LogP contribution in [0.15, 0.2) is 18.2 Å². The van der Waals surface area contributed by atoms with Crippen LogP contribution in [0.25, 0.3) is 0 Å². The predicted octanol–water partition coefficient (Wildman–Crippen LogP) is 1.89. The SMILES string of the molecule is COC(=O)[C@@H]1CN(CN2C(=O)C(=O)c3cc(C(C)C)ccc32)CCS1. The number of ketones is 1. The molecule has 0 spiro atoms. The molecule has 0 bridgehead atoms. The fourth-order valence-electron chi connectivity index (χ4n) is 3.12. The fraction of sp³-hybridized carbons (Fsp3) is 0.500. The highest BCUT2D eigenvalue weighted by Gasteiger charge is 2.38. The minimum Gasteiger partial charge on any atom is -0.468 e. The van der Waals surface area contributed by atoms with Gasteiger partial charge in [0.05, 0.1) is 25.0 Å². The Morgan fingerprint density at radius 3 is 2.80 bits per heavy atom. The van der Waals surface area contributed by atoms with Crippen LogP contribution in [0.2, 0.25) is 0 Å². The first-order valence-electron chi connectivity index (χ1n) is 8.34. The average Bonchev–Trinajstić information content (AvgIpc) is 2.85. The molecule has 2 aliphatic rings. The van der Waals surface area contributed by atoms with E-state index in [2.05, 4.69) is 13.8 Å². The van der Waals surface area contributed by atoms with E-state index < -0.39 is 11.7 Å². The van der Waals surface area contributed by atoms with Gasteiger partial charge in [-0.05, 0) is 23.6 Å². The van der Waals surface area contributed by atoms with Crippen LogP contribution in [0.1, 0.15) is 35.7 Å². The lowest BCUT2D eigenvalue weighted by Crippen LogP contribution is -2.48. The standard InChI is InChI=1S/C18H22N2O4S/c1-11(2)12-4-5-14-13(8-12)16(21)17(22)20(14)10-19-6-7-25-15(9-19)18(23)24-3/h4-5,8,11,15H,6-7,9-10H2,1-3H3/t15-/m0/s1. The zero-order valence-corrected chi connectivity index (χ0v) is 15.5. The summed E-state index contributed by atoms with van der Waals surface area (Å²) in [5.41, 5.74) is 2.18. The Morgan fingerprint density at radius 2 is 2.12 bits per heavy atom. The van der Waals surface area contributed by atoms with Crippen LogP contribution < -0.4 is 4.90 Å². The zero-order chi connectivity index (χ0) is 18.1. The molecule has 0 aliphatic carbocycles. The van der Waals surface area contributed by atoms with Crippen LogP contribution in [0, 0.1) is 0 Å². The average molecular weight is 362 g/mol. The fourth-order valence-corrected chi connectivity index (χ4v) is 4.32. The van der Waals surface area contributed by atoms with Crippen molar-refractivity contribution in [1.82, 2.24) is 4.90 Å². The lowest BCUT2D eigenvalue weighted by atomic mass is 9.99. The minimum atomic E-state index is -0.497. The van der Waals surface area contributed by atoms with E-state index in [0.717, 1.165) is 17.9 Å². The van der Waals surface area contributed by atoms with E-state index in [1.807, 2.05) is 23.1 Å². The third-order valence-corrected chi connectivity index (χ3v) is 5.78. The van der Waals surface area contributed by atoms with Gasteiger partial charge >= 0.3 is 11.9 Å². The number of hydrogen-bond acceptors (Lipinski definition) is 6. The summed E-state index contributed by atoms with van der Waals surface area (Å²) in [6.45, 7) is 5.69. The number of rotatable bonds is 4. The molecular formula is C18H22N2O4S. The topological polar surface area (TPSA) is 66.9 Å². The molecule has 25 heavy (non-hydrogen) atoms. The molecule has 1 fully saturated rings. The zero-order valence-electron chi connectivity index (χ0n) is 14.7. The largest absolute Gasteiger partial charge is 0.468 e. The Morgan fingerprint density at radius 1 is 1.36 bits per heavy atom. The molecule has 1 atom stereocenters. The molecule has 0 radical (unpaired) electrons. The number of thioether (sulfide) groups is 1. The van der Waals surface area contributed by atoms with Crippen molar-refractivity contribution < 1.29 is 19.1 Å². The van der Waals surface area contributed by atoms with Gasteiger partial charge in [-0.25, -0.2) is 0 Å². The van der Waals surface area contributed by atoms with E-state index >= 15 is 0 Å². The Kier molecular flexibility index (Phi) is 5.15. The molecule has 1 aromatic carbocycles.